The maximum atomic E-state index is 11.6. The van der Waals surface area contributed by atoms with Gasteiger partial charge in [0.2, 0.25) is 0 Å². The zero-order valence-electron chi connectivity index (χ0n) is 11.5. The van der Waals surface area contributed by atoms with Crippen LogP contribution in [0.4, 0.5) is 5.69 Å². The van der Waals surface area contributed by atoms with Gasteiger partial charge in [0.15, 0.2) is 0 Å². The molecule has 100 valence electrons. The van der Waals surface area contributed by atoms with Crippen LogP contribution in [-0.2, 0) is 4.74 Å². The predicted molar refractivity (Wildman–Crippen MR) is 75.0 cm³/mol. The summed E-state index contributed by atoms with van der Waals surface area (Å²) < 4.78 is 5.07. The number of hydrogen-bond acceptors (Lipinski definition) is 3. The summed E-state index contributed by atoms with van der Waals surface area (Å²) in [4.78, 5) is 11.6. The smallest absolute Gasteiger partial charge is 0.338 e. The molecule has 0 amide bonds. The molecule has 0 aliphatic carbocycles. The molecule has 1 rings (SSSR count). The third kappa shape index (κ3) is 4.78. The highest BCUT2D eigenvalue weighted by molar-refractivity contribution is 5.89. The molecule has 0 saturated carbocycles. The van der Waals surface area contributed by atoms with Gasteiger partial charge in [0.05, 0.1) is 12.2 Å². The SMILES string of the molecule is CCCOC(=O)c1ccc(NCC(C)CC)cc1. The van der Waals surface area contributed by atoms with Gasteiger partial charge in [0.25, 0.3) is 0 Å². The Balaban J connectivity index is 2.49. The topological polar surface area (TPSA) is 38.3 Å². The van der Waals surface area contributed by atoms with Crippen LogP contribution in [0, 0.1) is 5.92 Å². The lowest BCUT2D eigenvalue weighted by atomic mass is 10.1. The van der Waals surface area contributed by atoms with Crippen LogP contribution in [-0.4, -0.2) is 19.1 Å². The first-order valence-corrected chi connectivity index (χ1v) is 6.68. The molecule has 1 aromatic rings. The van der Waals surface area contributed by atoms with Crippen LogP contribution in [0.15, 0.2) is 24.3 Å². The highest BCUT2D eigenvalue weighted by Gasteiger charge is 2.06. The number of rotatable bonds is 7. The summed E-state index contributed by atoms with van der Waals surface area (Å²) in [6, 6.07) is 7.45. The largest absolute Gasteiger partial charge is 0.462 e. The second-order valence-corrected chi connectivity index (χ2v) is 4.61. The van der Waals surface area contributed by atoms with Crippen LogP contribution in [0.1, 0.15) is 44.0 Å². The molecule has 1 atom stereocenters. The quantitative estimate of drug-likeness (QED) is 0.749. The van der Waals surface area contributed by atoms with Crippen molar-refractivity contribution in [2.45, 2.75) is 33.6 Å². The third-order valence-corrected chi connectivity index (χ3v) is 2.91. The first-order chi connectivity index (χ1) is 8.67. The van der Waals surface area contributed by atoms with E-state index in [0.717, 1.165) is 25.1 Å². The lowest BCUT2D eigenvalue weighted by molar-refractivity contribution is 0.0505. The van der Waals surface area contributed by atoms with Gasteiger partial charge in [0, 0.05) is 12.2 Å². The van der Waals surface area contributed by atoms with E-state index in [1.807, 2.05) is 19.1 Å². The maximum absolute atomic E-state index is 11.6. The average Bonchev–Trinajstić information content (AvgIpc) is 2.42. The number of hydrogen-bond donors (Lipinski definition) is 1. The van der Waals surface area contributed by atoms with E-state index in [0.29, 0.717) is 18.1 Å². The van der Waals surface area contributed by atoms with E-state index in [9.17, 15) is 4.79 Å². The van der Waals surface area contributed by atoms with Gasteiger partial charge in [-0.15, -0.1) is 0 Å². The number of carbonyl (C=O) groups is 1. The number of benzene rings is 1. The molecule has 0 bridgehead atoms. The minimum absolute atomic E-state index is 0.245. The van der Waals surface area contributed by atoms with Crippen LogP contribution < -0.4 is 5.32 Å². The van der Waals surface area contributed by atoms with Gasteiger partial charge in [-0.25, -0.2) is 4.79 Å². The van der Waals surface area contributed by atoms with Crippen molar-refractivity contribution in [1.82, 2.24) is 0 Å². The molecule has 0 radical (unpaired) electrons. The van der Waals surface area contributed by atoms with Gasteiger partial charge < -0.3 is 10.1 Å². The van der Waals surface area contributed by atoms with Crippen LogP contribution in [0.3, 0.4) is 0 Å². The van der Waals surface area contributed by atoms with Crippen molar-refractivity contribution in [3.05, 3.63) is 29.8 Å². The fraction of sp³-hybridized carbons (Fsp3) is 0.533. The summed E-state index contributed by atoms with van der Waals surface area (Å²) in [5.41, 5.74) is 1.65. The summed E-state index contributed by atoms with van der Waals surface area (Å²) in [5, 5.41) is 3.35. The van der Waals surface area contributed by atoms with Crippen molar-refractivity contribution >= 4 is 11.7 Å². The molecule has 0 fully saturated rings. The van der Waals surface area contributed by atoms with Crippen LogP contribution >= 0.6 is 0 Å². The molecule has 0 aliphatic rings. The number of esters is 1. The van der Waals surface area contributed by atoms with Gasteiger partial charge in [0.1, 0.15) is 0 Å². The molecule has 1 N–H and O–H groups in total. The summed E-state index contributed by atoms with van der Waals surface area (Å²) in [6.07, 6.45) is 2.01. The Hall–Kier alpha value is -1.51. The zero-order chi connectivity index (χ0) is 13.4. The van der Waals surface area contributed by atoms with E-state index >= 15 is 0 Å². The van der Waals surface area contributed by atoms with E-state index in [-0.39, 0.29) is 5.97 Å². The zero-order valence-corrected chi connectivity index (χ0v) is 11.5. The van der Waals surface area contributed by atoms with Gasteiger partial charge in [-0.05, 0) is 36.6 Å². The molecular formula is C15H23NO2. The van der Waals surface area contributed by atoms with E-state index in [1.54, 1.807) is 12.1 Å². The highest BCUT2D eigenvalue weighted by Crippen LogP contribution is 2.12. The Kier molecular flexibility index (Phi) is 6.26. The number of carbonyl (C=O) groups excluding carboxylic acids is 1. The van der Waals surface area contributed by atoms with Gasteiger partial charge in [-0.3, -0.25) is 0 Å². The molecule has 3 heteroatoms. The second-order valence-electron chi connectivity index (χ2n) is 4.61. The molecule has 0 heterocycles. The van der Waals surface area contributed by atoms with Gasteiger partial charge in [-0.2, -0.15) is 0 Å². The molecule has 3 nitrogen and oxygen atoms in total. The maximum Gasteiger partial charge on any atom is 0.338 e. The number of nitrogens with one attached hydrogen (secondary N) is 1. The Labute approximate surface area is 110 Å². The highest BCUT2D eigenvalue weighted by atomic mass is 16.5. The Morgan fingerprint density at radius 2 is 1.94 bits per heavy atom. The van der Waals surface area contributed by atoms with Crippen molar-refractivity contribution in [1.29, 1.82) is 0 Å². The summed E-state index contributed by atoms with van der Waals surface area (Å²) >= 11 is 0. The van der Waals surface area contributed by atoms with E-state index in [1.165, 1.54) is 0 Å². The molecule has 1 unspecified atom stereocenters. The molecule has 0 spiro atoms. The van der Waals surface area contributed by atoms with Crippen molar-refractivity contribution in [3.63, 3.8) is 0 Å². The van der Waals surface area contributed by atoms with Crippen LogP contribution in [0.25, 0.3) is 0 Å². The van der Waals surface area contributed by atoms with Gasteiger partial charge >= 0.3 is 5.97 Å². The van der Waals surface area contributed by atoms with E-state index in [4.69, 9.17) is 4.74 Å². The molecular weight excluding hydrogens is 226 g/mol. The monoisotopic (exact) mass is 249 g/mol. The summed E-state index contributed by atoms with van der Waals surface area (Å²) in [7, 11) is 0. The number of ether oxygens (including phenoxy) is 1. The fourth-order valence-corrected chi connectivity index (χ4v) is 1.44. The number of anilines is 1. The third-order valence-electron chi connectivity index (χ3n) is 2.91. The van der Waals surface area contributed by atoms with Crippen molar-refractivity contribution < 1.29 is 9.53 Å². The Morgan fingerprint density at radius 1 is 1.28 bits per heavy atom. The standard InChI is InChI=1S/C15H23NO2/c1-4-10-18-15(17)13-6-8-14(9-7-13)16-11-12(3)5-2/h6-9,12,16H,4-5,10-11H2,1-3H3. The molecule has 18 heavy (non-hydrogen) atoms. The van der Waals surface area contributed by atoms with Gasteiger partial charge in [-0.1, -0.05) is 27.2 Å². The predicted octanol–water partition coefficient (Wildman–Crippen LogP) is 3.71. The van der Waals surface area contributed by atoms with Crippen LogP contribution in [0.2, 0.25) is 0 Å². The van der Waals surface area contributed by atoms with Crippen molar-refractivity contribution in [2.24, 2.45) is 5.92 Å². The molecule has 0 aromatic heterocycles. The van der Waals surface area contributed by atoms with Crippen molar-refractivity contribution in [3.8, 4) is 0 Å². The van der Waals surface area contributed by atoms with Crippen LogP contribution in [0.5, 0.6) is 0 Å². The Morgan fingerprint density at radius 3 is 2.50 bits per heavy atom. The first kappa shape index (κ1) is 14.6. The lowest BCUT2D eigenvalue weighted by Gasteiger charge is -2.11. The van der Waals surface area contributed by atoms with E-state index < -0.39 is 0 Å². The molecule has 0 aliphatic heterocycles. The fourth-order valence-electron chi connectivity index (χ4n) is 1.44. The van der Waals surface area contributed by atoms with Crippen molar-refractivity contribution in [2.75, 3.05) is 18.5 Å². The average molecular weight is 249 g/mol. The molecule has 1 aromatic carbocycles. The second kappa shape index (κ2) is 7.75. The first-order valence-electron chi connectivity index (χ1n) is 6.68. The minimum Gasteiger partial charge on any atom is -0.462 e. The normalized spacial score (nSPS) is 11.9. The summed E-state index contributed by atoms with van der Waals surface area (Å²) in [5.74, 6) is 0.407. The lowest BCUT2D eigenvalue weighted by Crippen LogP contribution is -2.10. The Bertz CT molecular complexity index is 359. The summed E-state index contributed by atoms with van der Waals surface area (Å²) in [6.45, 7) is 7.81. The molecule has 0 saturated heterocycles. The minimum atomic E-state index is -0.245. The van der Waals surface area contributed by atoms with E-state index in [2.05, 4.69) is 19.2 Å².